The summed E-state index contributed by atoms with van der Waals surface area (Å²) in [5.41, 5.74) is 1.15. The van der Waals surface area contributed by atoms with E-state index < -0.39 is 10.0 Å². The van der Waals surface area contributed by atoms with Crippen molar-refractivity contribution in [1.82, 2.24) is 4.31 Å². The van der Waals surface area contributed by atoms with Gasteiger partial charge in [-0.25, -0.2) is 12.7 Å². The van der Waals surface area contributed by atoms with Gasteiger partial charge in [0.2, 0.25) is 10.0 Å². The fourth-order valence-corrected chi connectivity index (χ4v) is 3.66. The number of aliphatic hydroxyl groups is 1. The highest BCUT2D eigenvalue weighted by molar-refractivity contribution is 7.89. The topological polar surface area (TPSA) is 57.6 Å². The van der Waals surface area contributed by atoms with Gasteiger partial charge in [0.25, 0.3) is 0 Å². The van der Waals surface area contributed by atoms with Crippen LogP contribution in [0, 0.1) is 24.2 Å². The smallest absolute Gasteiger partial charge is 0.243 e. The second-order valence-corrected chi connectivity index (χ2v) is 8.28. The van der Waals surface area contributed by atoms with Crippen molar-refractivity contribution >= 4 is 10.0 Å². The van der Waals surface area contributed by atoms with Crippen LogP contribution >= 0.6 is 0 Å². The molecule has 1 rings (SSSR count). The van der Waals surface area contributed by atoms with Crippen LogP contribution in [-0.2, 0) is 10.0 Å². The molecule has 5 heteroatoms. The first-order valence-electron chi connectivity index (χ1n) is 6.74. The van der Waals surface area contributed by atoms with Crippen LogP contribution < -0.4 is 0 Å². The van der Waals surface area contributed by atoms with Crippen molar-refractivity contribution in [1.29, 1.82) is 0 Å². The van der Waals surface area contributed by atoms with Crippen molar-refractivity contribution in [3.8, 4) is 11.8 Å². The first-order valence-corrected chi connectivity index (χ1v) is 8.18. The molecule has 0 bridgehead atoms. The molecule has 116 valence electrons. The molecule has 0 radical (unpaired) electrons. The maximum Gasteiger partial charge on any atom is 0.243 e. The highest BCUT2D eigenvalue weighted by Crippen LogP contribution is 2.23. The Morgan fingerprint density at radius 3 is 2.43 bits per heavy atom. The number of hydrogen-bond acceptors (Lipinski definition) is 3. The Hall–Kier alpha value is -1.35. The van der Waals surface area contributed by atoms with Crippen molar-refractivity contribution in [3.05, 3.63) is 29.3 Å². The van der Waals surface area contributed by atoms with E-state index in [2.05, 4.69) is 11.8 Å². The number of aryl methyl sites for hydroxylation is 1. The van der Waals surface area contributed by atoms with Crippen LogP contribution in [0.1, 0.15) is 31.9 Å². The van der Waals surface area contributed by atoms with E-state index in [1.165, 1.54) is 4.31 Å². The lowest BCUT2D eigenvalue weighted by atomic mass is 9.97. The van der Waals surface area contributed by atoms with Gasteiger partial charge < -0.3 is 5.11 Å². The summed E-state index contributed by atoms with van der Waals surface area (Å²) < 4.78 is 26.7. The minimum Gasteiger partial charge on any atom is -0.384 e. The maximum absolute atomic E-state index is 12.7. The number of nitrogens with zero attached hydrogens (tertiary/aromatic N) is 1. The lowest BCUT2D eigenvalue weighted by Gasteiger charge is -2.26. The minimum absolute atomic E-state index is 0.121. The van der Waals surface area contributed by atoms with Gasteiger partial charge >= 0.3 is 0 Å². The monoisotopic (exact) mass is 309 g/mol. The van der Waals surface area contributed by atoms with Gasteiger partial charge in [-0.15, -0.1) is 0 Å². The highest BCUT2D eigenvalue weighted by atomic mass is 32.2. The zero-order valence-corrected chi connectivity index (χ0v) is 14.1. The Labute approximate surface area is 127 Å². The Morgan fingerprint density at radius 1 is 1.29 bits per heavy atom. The molecule has 0 aromatic heterocycles. The average molecular weight is 309 g/mol. The first kappa shape index (κ1) is 17.7. The average Bonchev–Trinajstić information content (AvgIpc) is 2.35. The van der Waals surface area contributed by atoms with Crippen LogP contribution in [-0.4, -0.2) is 38.0 Å². The van der Waals surface area contributed by atoms with E-state index in [-0.39, 0.29) is 16.9 Å². The summed E-state index contributed by atoms with van der Waals surface area (Å²) in [6, 6.07) is 5.05. The fraction of sp³-hybridized carbons (Fsp3) is 0.500. The largest absolute Gasteiger partial charge is 0.384 e. The fourth-order valence-electron chi connectivity index (χ4n) is 2.02. The molecule has 0 aliphatic rings. The molecule has 4 nitrogen and oxygen atoms in total. The number of benzene rings is 1. The van der Waals surface area contributed by atoms with Gasteiger partial charge in [0, 0.05) is 19.2 Å². The van der Waals surface area contributed by atoms with E-state index >= 15 is 0 Å². The van der Waals surface area contributed by atoms with E-state index in [1.54, 1.807) is 32.2 Å². The Kier molecular flexibility index (Phi) is 5.57. The molecule has 1 N–H and O–H groups in total. The third-order valence-corrected chi connectivity index (χ3v) is 4.83. The summed E-state index contributed by atoms with van der Waals surface area (Å²) in [5, 5.41) is 8.73. The van der Waals surface area contributed by atoms with E-state index in [0.717, 1.165) is 0 Å². The van der Waals surface area contributed by atoms with E-state index in [1.807, 2.05) is 20.8 Å². The molecule has 0 fully saturated rings. The third kappa shape index (κ3) is 4.85. The lowest BCUT2D eigenvalue weighted by Crippen LogP contribution is -2.34. The summed E-state index contributed by atoms with van der Waals surface area (Å²) in [6.07, 6.45) is 0. The van der Waals surface area contributed by atoms with E-state index in [4.69, 9.17) is 5.11 Å². The van der Waals surface area contributed by atoms with Gasteiger partial charge in [-0.3, -0.25) is 0 Å². The summed E-state index contributed by atoms with van der Waals surface area (Å²) in [5.74, 6) is 5.27. The van der Waals surface area contributed by atoms with Gasteiger partial charge in [0.1, 0.15) is 6.61 Å². The Morgan fingerprint density at radius 2 is 1.90 bits per heavy atom. The highest BCUT2D eigenvalue weighted by Gasteiger charge is 2.26. The standard InChI is InChI=1S/C16H23NO3S/c1-13-8-9-14(7-6-10-18)11-15(13)21(19,20)17(5)12-16(2,3)4/h8-9,11,18H,10,12H2,1-5H3. The Balaban J connectivity index is 3.24. The molecule has 0 saturated carbocycles. The van der Waals surface area contributed by atoms with Gasteiger partial charge in [0.15, 0.2) is 0 Å². The van der Waals surface area contributed by atoms with Crippen LogP contribution in [0.2, 0.25) is 0 Å². The first-order chi connectivity index (χ1) is 9.58. The predicted molar refractivity (Wildman–Crippen MR) is 84.4 cm³/mol. The molecular formula is C16H23NO3S. The quantitative estimate of drug-likeness (QED) is 0.869. The minimum atomic E-state index is -3.55. The van der Waals surface area contributed by atoms with Crippen LogP contribution in [0.15, 0.2) is 23.1 Å². The molecule has 0 aliphatic carbocycles. The van der Waals surface area contributed by atoms with Gasteiger partial charge in [0.05, 0.1) is 4.90 Å². The summed E-state index contributed by atoms with van der Waals surface area (Å²) in [6.45, 7) is 7.93. The molecule has 0 heterocycles. The molecule has 0 saturated heterocycles. The number of rotatable bonds is 3. The molecule has 1 aromatic rings. The van der Waals surface area contributed by atoms with Crippen molar-refractivity contribution in [2.45, 2.75) is 32.6 Å². The Bertz CT molecular complexity index is 661. The van der Waals surface area contributed by atoms with Crippen LogP contribution in [0.3, 0.4) is 0 Å². The normalized spacial score (nSPS) is 12.1. The number of sulfonamides is 1. The van der Waals surface area contributed by atoms with E-state index in [0.29, 0.717) is 17.7 Å². The molecule has 0 amide bonds. The van der Waals surface area contributed by atoms with Crippen molar-refractivity contribution in [2.24, 2.45) is 5.41 Å². The van der Waals surface area contributed by atoms with Crippen molar-refractivity contribution in [3.63, 3.8) is 0 Å². The zero-order chi connectivity index (χ0) is 16.3. The van der Waals surface area contributed by atoms with Gasteiger partial charge in [-0.2, -0.15) is 0 Å². The maximum atomic E-state index is 12.7. The predicted octanol–water partition coefficient (Wildman–Crippen LogP) is 2.01. The molecule has 0 unspecified atom stereocenters. The van der Waals surface area contributed by atoms with Gasteiger partial charge in [-0.1, -0.05) is 38.7 Å². The van der Waals surface area contributed by atoms with Crippen LogP contribution in [0.5, 0.6) is 0 Å². The van der Waals surface area contributed by atoms with Crippen molar-refractivity contribution < 1.29 is 13.5 Å². The molecule has 1 aromatic carbocycles. The van der Waals surface area contributed by atoms with E-state index in [9.17, 15) is 8.42 Å². The number of aliphatic hydroxyl groups excluding tert-OH is 1. The van der Waals surface area contributed by atoms with Gasteiger partial charge in [-0.05, 0) is 30.0 Å². The SMILES string of the molecule is Cc1ccc(C#CCO)cc1S(=O)(=O)N(C)CC(C)(C)C. The summed E-state index contributed by atoms with van der Waals surface area (Å²) >= 11 is 0. The molecule has 0 spiro atoms. The molecular weight excluding hydrogens is 286 g/mol. The second kappa shape index (κ2) is 6.61. The second-order valence-electron chi connectivity index (χ2n) is 6.26. The van der Waals surface area contributed by atoms with Crippen molar-refractivity contribution in [2.75, 3.05) is 20.2 Å². The number of hydrogen-bond donors (Lipinski definition) is 1. The lowest BCUT2D eigenvalue weighted by molar-refractivity contribution is 0.310. The summed E-state index contributed by atoms with van der Waals surface area (Å²) in [7, 11) is -1.96. The van der Waals surface area contributed by atoms with Crippen LogP contribution in [0.4, 0.5) is 0 Å². The molecule has 21 heavy (non-hydrogen) atoms. The summed E-state index contributed by atoms with van der Waals surface area (Å²) in [4.78, 5) is 0.263. The third-order valence-electron chi connectivity index (χ3n) is 2.89. The zero-order valence-electron chi connectivity index (χ0n) is 13.3. The molecule has 0 atom stereocenters. The van der Waals surface area contributed by atoms with Crippen LogP contribution in [0.25, 0.3) is 0 Å². The molecule has 0 aliphatic heterocycles.